The third-order valence-electron chi connectivity index (χ3n) is 3.03. The molecule has 0 spiro atoms. The number of benzene rings is 1. The monoisotopic (exact) mass is 280 g/mol. The molecule has 7 nitrogen and oxygen atoms in total. The van der Waals surface area contributed by atoms with E-state index in [9.17, 15) is 9.59 Å². The molecule has 0 radical (unpaired) electrons. The van der Waals surface area contributed by atoms with Gasteiger partial charge in [-0.2, -0.15) is 0 Å². The number of carboxylic acid groups (broad SMARTS) is 1. The van der Waals surface area contributed by atoms with Crippen molar-refractivity contribution in [2.75, 3.05) is 13.2 Å². The molecule has 0 aromatic heterocycles. The molecular formula is C13H16N2O5. The van der Waals surface area contributed by atoms with E-state index in [0.717, 1.165) is 5.56 Å². The minimum absolute atomic E-state index is 0.0412. The van der Waals surface area contributed by atoms with Gasteiger partial charge < -0.3 is 25.6 Å². The molecule has 1 heterocycles. The molecule has 0 saturated carbocycles. The number of ether oxygens (including phenoxy) is 1. The maximum Gasteiger partial charge on any atom is 0.326 e. The zero-order valence-corrected chi connectivity index (χ0v) is 10.7. The Morgan fingerprint density at radius 1 is 1.40 bits per heavy atom. The Morgan fingerprint density at radius 3 is 2.85 bits per heavy atom. The van der Waals surface area contributed by atoms with Gasteiger partial charge in [0.05, 0.1) is 6.04 Å². The first-order valence-corrected chi connectivity index (χ1v) is 6.24. The van der Waals surface area contributed by atoms with E-state index >= 15 is 0 Å². The summed E-state index contributed by atoms with van der Waals surface area (Å²) in [5.41, 5.74) is 0.858. The molecule has 0 fully saturated rings. The van der Waals surface area contributed by atoms with Gasteiger partial charge >= 0.3 is 12.0 Å². The molecule has 0 aliphatic carbocycles. The fraction of sp³-hybridized carbons (Fsp3) is 0.385. The third kappa shape index (κ3) is 3.18. The van der Waals surface area contributed by atoms with Crippen molar-refractivity contribution in [1.29, 1.82) is 0 Å². The lowest BCUT2D eigenvalue weighted by molar-refractivity contribution is -0.139. The summed E-state index contributed by atoms with van der Waals surface area (Å²) in [6.07, 6.45) is -0.0412. The first-order chi connectivity index (χ1) is 9.61. The Morgan fingerprint density at radius 2 is 2.15 bits per heavy atom. The summed E-state index contributed by atoms with van der Waals surface area (Å²) >= 11 is 0. The van der Waals surface area contributed by atoms with Crippen LogP contribution in [0.1, 0.15) is 18.0 Å². The molecule has 7 heteroatoms. The number of rotatable bonds is 5. The molecule has 2 rings (SSSR count). The van der Waals surface area contributed by atoms with E-state index in [1.54, 1.807) is 6.07 Å². The van der Waals surface area contributed by atoms with Crippen LogP contribution in [-0.4, -0.2) is 41.5 Å². The van der Waals surface area contributed by atoms with Crippen molar-refractivity contribution < 1.29 is 24.5 Å². The van der Waals surface area contributed by atoms with E-state index in [4.69, 9.17) is 14.9 Å². The quantitative estimate of drug-likeness (QED) is 0.618. The molecule has 1 aromatic carbocycles. The highest BCUT2D eigenvalue weighted by Crippen LogP contribution is 2.31. The minimum atomic E-state index is -1.18. The first-order valence-electron chi connectivity index (χ1n) is 6.24. The van der Waals surface area contributed by atoms with Crippen LogP contribution in [0.4, 0.5) is 4.79 Å². The zero-order chi connectivity index (χ0) is 14.5. The summed E-state index contributed by atoms with van der Waals surface area (Å²) in [4.78, 5) is 22.7. The van der Waals surface area contributed by atoms with Gasteiger partial charge in [-0.25, -0.2) is 9.59 Å². The molecule has 0 saturated heterocycles. The van der Waals surface area contributed by atoms with E-state index in [1.807, 2.05) is 18.2 Å². The Bertz CT molecular complexity index is 505. The molecule has 20 heavy (non-hydrogen) atoms. The topological polar surface area (TPSA) is 108 Å². The molecule has 4 N–H and O–H groups in total. The molecule has 2 amide bonds. The number of urea groups is 1. The lowest BCUT2D eigenvalue weighted by Crippen LogP contribution is -2.47. The molecule has 0 bridgehead atoms. The number of aliphatic hydroxyl groups excluding tert-OH is 1. The number of carbonyl (C=O) groups excluding carboxylic acids is 1. The Kier molecular flexibility index (Phi) is 4.41. The highest BCUT2D eigenvalue weighted by molar-refractivity contribution is 5.82. The van der Waals surface area contributed by atoms with Gasteiger partial charge in [0, 0.05) is 18.6 Å². The number of hydrogen-bond acceptors (Lipinski definition) is 4. The molecule has 108 valence electrons. The highest BCUT2D eigenvalue weighted by atomic mass is 16.5. The van der Waals surface area contributed by atoms with Crippen LogP contribution in [0.5, 0.6) is 5.75 Å². The molecule has 1 aliphatic heterocycles. The molecule has 1 aromatic rings. The lowest BCUT2D eigenvalue weighted by Gasteiger charge is -2.16. The van der Waals surface area contributed by atoms with Crippen molar-refractivity contribution in [2.24, 2.45) is 0 Å². The van der Waals surface area contributed by atoms with Crippen molar-refractivity contribution in [3.05, 3.63) is 29.8 Å². The third-order valence-corrected chi connectivity index (χ3v) is 3.03. The van der Waals surface area contributed by atoms with Gasteiger partial charge in [-0.05, 0) is 6.07 Å². The predicted octanol–water partition coefficient (Wildman–Crippen LogP) is 0.255. The second-order valence-electron chi connectivity index (χ2n) is 4.42. The van der Waals surface area contributed by atoms with Crippen LogP contribution >= 0.6 is 0 Å². The van der Waals surface area contributed by atoms with Gasteiger partial charge in [0.1, 0.15) is 18.4 Å². The van der Waals surface area contributed by atoms with Gasteiger partial charge in [-0.15, -0.1) is 0 Å². The Hall–Kier alpha value is -2.28. The van der Waals surface area contributed by atoms with Gasteiger partial charge in [-0.3, -0.25) is 0 Å². The Labute approximate surface area is 115 Å². The van der Waals surface area contributed by atoms with E-state index in [0.29, 0.717) is 12.4 Å². The fourth-order valence-electron chi connectivity index (χ4n) is 2.03. The fourth-order valence-corrected chi connectivity index (χ4v) is 2.03. The molecule has 1 aliphatic rings. The number of para-hydroxylation sites is 1. The van der Waals surface area contributed by atoms with Crippen LogP contribution in [0, 0.1) is 0 Å². The molecular weight excluding hydrogens is 264 g/mol. The Balaban J connectivity index is 1.94. The van der Waals surface area contributed by atoms with Crippen molar-refractivity contribution in [3.63, 3.8) is 0 Å². The van der Waals surface area contributed by atoms with Crippen molar-refractivity contribution in [2.45, 2.75) is 18.5 Å². The largest absolute Gasteiger partial charge is 0.491 e. The number of carbonyl (C=O) groups is 2. The van der Waals surface area contributed by atoms with E-state index < -0.39 is 18.0 Å². The van der Waals surface area contributed by atoms with E-state index in [-0.39, 0.29) is 19.1 Å². The van der Waals surface area contributed by atoms with Crippen LogP contribution in [0.15, 0.2) is 24.3 Å². The summed E-state index contributed by atoms with van der Waals surface area (Å²) < 4.78 is 5.41. The number of nitrogens with one attached hydrogen (secondary N) is 2. The maximum atomic E-state index is 11.8. The SMILES string of the molecule is O=C(NC(CCO)C(=O)O)NC1COc2ccccc21. The van der Waals surface area contributed by atoms with Crippen LogP contribution < -0.4 is 15.4 Å². The van der Waals surface area contributed by atoms with E-state index in [2.05, 4.69) is 10.6 Å². The summed E-state index contributed by atoms with van der Waals surface area (Å²) in [6, 6.07) is 5.30. The summed E-state index contributed by atoms with van der Waals surface area (Å²) in [7, 11) is 0. The number of aliphatic carboxylic acids is 1. The maximum absolute atomic E-state index is 11.8. The second-order valence-corrected chi connectivity index (χ2v) is 4.42. The zero-order valence-electron chi connectivity index (χ0n) is 10.7. The lowest BCUT2D eigenvalue weighted by atomic mass is 10.1. The summed E-state index contributed by atoms with van der Waals surface area (Å²) in [5.74, 6) is -0.472. The number of amides is 2. The van der Waals surface area contributed by atoms with Gasteiger partial charge in [0.15, 0.2) is 0 Å². The van der Waals surface area contributed by atoms with Crippen molar-refractivity contribution in [3.8, 4) is 5.75 Å². The average Bonchev–Trinajstić information content (AvgIpc) is 2.81. The molecule has 2 atom stereocenters. The molecule has 2 unspecified atom stereocenters. The average molecular weight is 280 g/mol. The number of aliphatic hydroxyl groups is 1. The first kappa shape index (κ1) is 14.1. The standard InChI is InChI=1S/C13H16N2O5/c16-6-5-9(12(17)18)14-13(19)15-10-7-20-11-4-2-1-3-8(10)11/h1-4,9-10,16H,5-7H2,(H,17,18)(H2,14,15,19). The van der Waals surface area contributed by atoms with Crippen LogP contribution in [0.25, 0.3) is 0 Å². The highest BCUT2D eigenvalue weighted by Gasteiger charge is 2.26. The van der Waals surface area contributed by atoms with Gasteiger partial charge in [0.2, 0.25) is 0 Å². The summed E-state index contributed by atoms with van der Waals surface area (Å²) in [5, 5.41) is 22.6. The second kappa shape index (κ2) is 6.25. The number of hydrogen-bond donors (Lipinski definition) is 4. The van der Waals surface area contributed by atoms with Crippen molar-refractivity contribution in [1.82, 2.24) is 10.6 Å². The van der Waals surface area contributed by atoms with Crippen molar-refractivity contribution >= 4 is 12.0 Å². The van der Waals surface area contributed by atoms with Gasteiger partial charge in [0.25, 0.3) is 0 Å². The van der Waals surface area contributed by atoms with Crippen LogP contribution in [0.3, 0.4) is 0 Å². The minimum Gasteiger partial charge on any atom is -0.491 e. The smallest absolute Gasteiger partial charge is 0.326 e. The normalized spacial score (nSPS) is 17.8. The van der Waals surface area contributed by atoms with Crippen LogP contribution in [-0.2, 0) is 4.79 Å². The van der Waals surface area contributed by atoms with Gasteiger partial charge in [-0.1, -0.05) is 18.2 Å². The number of carboxylic acids is 1. The van der Waals surface area contributed by atoms with Crippen LogP contribution in [0.2, 0.25) is 0 Å². The summed E-state index contributed by atoms with van der Waals surface area (Å²) in [6.45, 7) is -0.00285. The van der Waals surface area contributed by atoms with E-state index in [1.165, 1.54) is 0 Å². The predicted molar refractivity (Wildman–Crippen MR) is 69.5 cm³/mol. The number of fused-ring (bicyclic) bond motifs is 1.